The van der Waals surface area contributed by atoms with Crippen molar-refractivity contribution in [3.05, 3.63) is 15.6 Å². The lowest BCUT2D eigenvalue weighted by atomic mass is 9.98. The van der Waals surface area contributed by atoms with E-state index in [1.54, 1.807) is 11.3 Å². The highest BCUT2D eigenvalue weighted by Gasteiger charge is 2.26. The van der Waals surface area contributed by atoms with Gasteiger partial charge >= 0.3 is 5.97 Å². The molecule has 2 heterocycles. The fraction of sp³-hybridized carbons (Fsp3) is 0.667. The van der Waals surface area contributed by atoms with Gasteiger partial charge in [-0.15, -0.1) is 11.3 Å². The fourth-order valence-corrected chi connectivity index (χ4v) is 3.02. The van der Waals surface area contributed by atoms with E-state index in [-0.39, 0.29) is 12.0 Å². The van der Waals surface area contributed by atoms with Crippen LogP contribution in [0.2, 0.25) is 0 Å². The first kappa shape index (κ1) is 12.5. The molecule has 0 aliphatic carbocycles. The maximum atomic E-state index is 10.7. The van der Waals surface area contributed by atoms with E-state index < -0.39 is 5.97 Å². The van der Waals surface area contributed by atoms with Gasteiger partial charge in [-0.25, -0.2) is 4.98 Å². The highest BCUT2D eigenvalue weighted by Crippen LogP contribution is 2.32. The molecule has 0 atom stereocenters. The Morgan fingerprint density at radius 2 is 2.24 bits per heavy atom. The van der Waals surface area contributed by atoms with Crippen LogP contribution in [0.25, 0.3) is 0 Å². The van der Waals surface area contributed by atoms with Crippen molar-refractivity contribution in [1.29, 1.82) is 0 Å². The molecular formula is C12H18N2O2S. The largest absolute Gasteiger partial charge is 0.480 e. The van der Waals surface area contributed by atoms with Crippen molar-refractivity contribution in [3.63, 3.8) is 0 Å². The lowest BCUT2D eigenvalue weighted by molar-refractivity contribution is -0.138. The number of thiazole rings is 1. The summed E-state index contributed by atoms with van der Waals surface area (Å²) >= 11 is 1.78. The zero-order chi connectivity index (χ0) is 12.6. The van der Waals surface area contributed by atoms with Crippen molar-refractivity contribution in [1.82, 2.24) is 9.88 Å². The SMILES string of the molecule is CC(C)(C)c1nc2c(s1)CCN(CC(=O)O)C2. The first-order chi connectivity index (χ1) is 7.86. The number of hydrogen-bond donors (Lipinski definition) is 1. The lowest BCUT2D eigenvalue weighted by Gasteiger charge is -2.23. The maximum absolute atomic E-state index is 10.7. The van der Waals surface area contributed by atoms with Crippen LogP contribution in [-0.4, -0.2) is 34.0 Å². The van der Waals surface area contributed by atoms with Gasteiger partial charge < -0.3 is 5.11 Å². The summed E-state index contributed by atoms with van der Waals surface area (Å²) in [6.07, 6.45) is 0.927. The molecule has 0 amide bonds. The minimum atomic E-state index is -0.764. The van der Waals surface area contributed by atoms with E-state index in [2.05, 4.69) is 25.8 Å². The predicted octanol–water partition coefficient (Wildman–Crippen LogP) is 1.88. The topological polar surface area (TPSA) is 53.4 Å². The molecule has 0 aromatic carbocycles. The zero-order valence-corrected chi connectivity index (χ0v) is 11.3. The predicted molar refractivity (Wildman–Crippen MR) is 67.4 cm³/mol. The van der Waals surface area contributed by atoms with Crippen LogP contribution in [-0.2, 0) is 23.2 Å². The van der Waals surface area contributed by atoms with Crippen LogP contribution in [0.5, 0.6) is 0 Å². The molecule has 0 spiro atoms. The van der Waals surface area contributed by atoms with Crippen LogP contribution >= 0.6 is 11.3 Å². The highest BCUT2D eigenvalue weighted by molar-refractivity contribution is 7.11. The summed E-state index contributed by atoms with van der Waals surface area (Å²) in [7, 11) is 0. The Kier molecular flexibility index (Phi) is 3.23. The van der Waals surface area contributed by atoms with Crippen LogP contribution in [0.15, 0.2) is 0 Å². The van der Waals surface area contributed by atoms with Crippen molar-refractivity contribution >= 4 is 17.3 Å². The number of aromatic nitrogens is 1. The first-order valence-corrected chi connectivity index (χ1v) is 6.61. The number of nitrogens with zero attached hydrogens (tertiary/aromatic N) is 2. The average Bonchev–Trinajstić information content (AvgIpc) is 2.58. The van der Waals surface area contributed by atoms with Gasteiger partial charge in [0, 0.05) is 23.4 Å². The Bertz CT molecular complexity index is 434. The van der Waals surface area contributed by atoms with Gasteiger partial charge in [0.1, 0.15) is 0 Å². The molecule has 0 radical (unpaired) electrons. The second kappa shape index (κ2) is 4.38. The van der Waals surface area contributed by atoms with Gasteiger partial charge in [0.05, 0.1) is 17.2 Å². The minimum Gasteiger partial charge on any atom is -0.480 e. The third-order valence-electron chi connectivity index (χ3n) is 2.81. The van der Waals surface area contributed by atoms with Crippen molar-refractivity contribution in [2.75, 3.05) is 13.1 Å². The van der Waals surface area contributed by atoms with E-state index in [4.69, 9.17) is 5.11 Å². The van der Waals surface area contributed by atoms with E-state index in [0.717, 1.165) is 23.7 Å². The molecule has 5 heteroatoms. The average molecular weight is 254 g/mol. The molecule has 1 aliphatic heterocycles. The van der Waals surface area contributed by atoms with Crippen molar-refractivity contribution in [2.45, 2.75) is 39.2 Å². The summed E-state index contributed by atoms with van der Waals surface area (Å²) in [5, 5.41) is 9.94. The third-order valence-corrected chi connectivity index (χ3v) is 4.39. The number of carboxylic acids is 1. The van der Waals surface area contributed by atoms with E-state index >= 15 is 0 Å². The molecule has 4 nitrogen and oxygen atoms in total. The number of hydrogen-bond acceptors (Lipinski definition) is 4. The van der Waals surface area contributed by atoms with Gasteiger partial charge in [-0.1, -0.05) is 20.8 Å². The Morgan fingerprint density at radius 1 is 1.53 bits per heavy atom. The molecule has 0 fully saturated rings. The number of aliphatic carboxylic acids is 1. The molecule has 1 aromatic heterocycles. The molecule has 0 bridgehead atoms. The van der Waals surface area contributed by atoms with Gasteiger partial charge in [0.15, 0.2) is 0 Å². The lowest BCUT2D eigenvalue weighted by Crippen LogP contribution is -2.34. The number of rotatable bonds is 2. The molecule has 2 rings (SSSR count). The van der Waals surface area contributed by atoms with Crippen molar-refractivity contribution in [2.24, 2.45) is 0 Å². The second-order valence-corrected chi connectivity index (χ2v) is 6.58. The van der Waals surface area contributed by atoms with Crippen LogP contribution in [0, 0.1) is 0 Å². The first-order valence-electron chi connectivity index (χ1n) is 5.79. The number of fused-ring (bicyclic) bond motifs is 1. The molecule has 0 saturated heterocycles. The van der Waals surface area contributed by atoms with Gasteiger partial charge in [-0.05, 0) is 6.42 Å². The molecular weight excluding hydrogens is 236 g/mol. The van der Waals surface area contributed by atoms with Crippen LogP contribution in [0.1, 0.15) is 36.3 Å². The van der Waals surface area contributed by atoms with Crippen molar-refractivity contribution in [3.8, 4) is 0 Å². The molecule has 0 unspecified atom stereocenters. The highest BCUT2D eigenvalue weighted by atomic mass is 32.1. The Labute approximate surface area is 105 Å². The van der Waals surface area contributed by atoms with Gasteiger partial charge in [-0.2, -0.15) is 0 Å². The van der Waals surface area contributed by atoms with Crippen LogP contribution in [0.3, 0.4) is 0 Å². The second-order valence-electron chi connectivity index (χ2n) is 5.49. The Balaban J connectivity index is 2.16. The van der Waals surface area contributed by atoms with Crippen LogP contribution < -0.4 is 0 Å². The monoisotopic (exact) mass is 254 g/mol. The Hall–Kier alpha value is -0.940. The summed E-state index contributed by atoms with van der Waals surface area (Å²) in [6.45, 7) is 8.09. The summed E-state index contributed by atoms with van der Waals surface area (Å²) in [5.41, 5.74) is 1.16. The number of carbonyl (C=O) groups is 1. The number of carboxylic acid groups (broad SMARTS) is 1. The molecule has 1 N–H and O–H groups in total. The summed E-state index contributed by atoms with van der Waals surface area (Å²) in [6, 6.07) is 0. The third kappa shape index (κ3) is 2.84. The van der Waals surface area contributed by atoms with Gasteiger partial charge in [0.25, 0.3) is 0 Å². The maximum Gasteiger partial charge on any atom is 0.317 e. The minimum absolute atomic E-state index is 0.0830. The molecule has 0 saturated carbocycles. The summed E-state index contributed by atoms with van der Waals surface area (Å²) in [4.78, 5) is 18.6. The normalized spacial score (nSPS) is 16.9. The van der Waals surface area contributed by atoms with Gasteiger partial charge in [0.2, 0.25) is 0 Å². The van der Waals surface area contributed by atoms with E-state index in [1.165, 1.54) is 4.88 Å². The molecule has 94 valence electrons. The smallest absolute Gasteiger partial charge is 0.317 e. The van der Waals surface area contributed by atoms with Gasteiger partial charge in [-0.3, -0.25) is 9.69 Å². The van der Waals surface area contributed by atoms with E-state index in [0.29, 0.717) is 6.54 Å². The molecule has 1 aromatic rings. The van der Waals surface area contributed by atoms with Crippen LogP contribution in [0.4, 0.5) is 0 Å². The fourth-order valence-electron chi connectivity index (χ4n) is 1.90. The zero-order valence-electron chi connectivity index (χ0n) is 10.5. The van der Waals surface area contributed by atoms with E-state index in [1.807, 2.05) is 4.90 Å². The molecule has 17 heavy (non-hydrogen) atoms. The molecule has 1 aliphatic rings. The van der Waals surface area contributed by atoms with Crippen molar-refractivity contribution < 1.29 is 9.90 Å². The summed E-state index contributed by atoms with van der Waals surface area (Å²) in [5.74, 6) is -0.764. The van der Waals surface area contributed by atoms with E-state index in [9.17, 15) is 4.79 Å². The Morgan fingerprint density at radius 3 is 2.82 bits per heavy atom. The quantitative estimate of drug-likeness (QED) is 0.875. The summed E-state index contributed by atoms with van der Waals surface area (Å²) < 4.78 is 0. The standard InChI is InChI=1S/C12H18N2O2S/c1-12(2,3)11-13-8-6-14(7-10(15)16)5-4-9(8)17-11/h4-7H2,1-3H3,(H,15,16).